The van der Waals surface area contributed by atoms with Gasteiger partial charge in [0.15, 0.2) is 36.7 Å². The molecule has 0 aromatic carbocycles. The van der Waals surface area contributed by atoms with Gasteiger partial charge in [-0.05, 0) is 13.8 Å². The molecule has 4 rings (SSSR count). The molecule has 0 unspecified atom stereocenters. The first kappa shape index (κ1) is 27.7. The van der Waals surface area contributed by atoms with Gasteiger partial charge in [-0.3, -0.25) is 19.2 Å². The number of hydrogen-bond donors (Lipinski definition) is 0. The third-order valence-electron chi connectivity index (χ3n) is 6.10. The van der Waals surface area contributed by atoms with E-state index in [4.69, 9.17) is 47.4 Å². The quantitative estimate of drug-likeness (QED) is 0.311. The van der Waals surface area contributed by atoms with Gasteiger partial charge in [-0.2, -0.15) is 0 Å². The number of carbonyl (C=O) groups excluding carboxylic acids is 4. The van der Waals surface area contributed by atoms with Crippen LogP contribution < -0.4 is 0 Å². The van der Waals surface area contributed by atoms with Gasteiger partial charge in [-0.15, -0.1) is 0 Å². The van der Waals surface area contributed by atoms with Gasteiger partial charge in [-0.25, -0.2) is 0 Å². The minimum Gasteiger partial charge on any atom is -0.463 e. The first-order valence-electron chi connectivity index (χ1n) is 11.9. The van der Waals surface area contributed by atoms with Crippen molar-refractivity contribution in [3.63, 3.8) is 0 Å². The van der Waals surface area contributed by atoms with Crippen molar-refractivity contribution in [3.05, 3.63) is 0 Å². The third-order valence-corrected chi connectivity index (χ3v) is 6.10. The predicted molar refractivity (Wildman–Crippen MR) is 115 cm³/mol. The molecule has 4 aliphatic rings. The van der Waals surface area contributed by atoms with E-state index in [9.17, 15) is 19.2 Å². The van der Waals surface area contributed by atoms with Gasteiger partial charge in [0, 0.05) is 27.7 Å². The van der Waals surface area contributed by atoms with Crippen molar-refractivity contribution in [2.75, 3.05) is 13.2 Å². The lowest BCUT2D eigenvalue weighted by molar-refractivity contribution is -0.343. The summed E-state index contributed by atoms with van der Waals surface area (Å²) in [6, 6.07) is 0. The maximum Gasteiger partial charge on any atom is 0.303 e. The maximum atomic E-state index is 12.1. The van der Waals surface area contributed by atoms with Crippen molar-refractivity contribution in [1.29, 1.82) is 0 Å². The van der Waals surface area contributed by atoms with Crippen LogP contribution in [0.1, 0.15) is 41.5 Å². The molecule has 0 aromatic heterocycles. The maximum absolute atomic E-state index is 12.1. The minimum absolute atomic E-state index is 0.254. The second kappa shape index (κ2) is 10.8. The Morgan fingerprint density at radius 1 is 0.757 bits per heavy atom. The predicted octanol–water partition coefficient (Wildman–Crippen LogP) is -0.270. The molecule has 0 spiro atoms. The van der Waals surface area contributed by atoms with E-state index in [1.807, 2.05) is 0 Å². The second-order valence-corrected chi connectivity index (χ2v) is 9.61. The van der Waals surface area contributed by atoms with Gasteiger partial charge >= 0.3 is 23.9 Å². The van der Waals surface area contributed by atoms with Gasteiger partial charge in [0.05, 0.1) is 6.61 Å². The zero-order valence-electron chi connectivity index (χ0n) is 21.4. The van der Waals surface area contributed by atoms with Crippen LogP contribution in [0.4, 0.5) is 0 Å². The lowest BCUT2D eigenvalue weighted by Crippen LogP contribution is -2.65. The molecule has 37 heavy (non-hydrogen) atoms. The van der Waals surface area contributed by atoms with E-state index in [0.717, 1.165) is 20.8 Å². The summed E-state index contributed by atoms with van der Waals surface area (Å²) in [6.45, 7) is 8.01. The van der Waals surface area contributed by atoms with Crippen molar-refractivity contribution in [2.45, 2.75) is 109 Å². The SMILES string of the molecule is CC(=O)OC[C@H]1O[C@@H](O[C@H]2[C@@H]3OC[C@@H](O3)[C@@H]3OC(C)(C)O[C@@H]32)[C@H](OC(C)=O)[C@@H](OC(C)=O)[C@@H]1OC(C)=O. The average molecular weight is 532 g/mol. The fourth-order valence-corrected chi connectivity index (χ4v) is 4.89. The van der Waals surface area contributed by atoms with Crippen LogP contribution in [0.15, 0.2) is 0 Å². The fourth-order valence-electron chi connectivity index (χ4n) is 4.89. The second-order valence-electron chi connectivity index (χ2n) is 9.61. The molecule has 4 saturated heterocycles. The largest absolute Gasteiger partial charge is 0.463 e. The highest BCUT2D eigenvalue weighted by Crippen LogP contribution is 2.43. The molecule has 0 saturated carbocycles. The third kappa shape index (κ3) is 6.21. The van der Waals surface area contributed by atoms with Crippen LogP contribution in [-0.4, -0.2) is 104 Å². The van der Waals surface area contributed by atoms with Crippen molar-refractivity contribution >= 4 is 23.9 Å². The highest BCUT2D eigenvalue weighted by molar-refractivity contribution is 5.68. The van der Waals surface area contributed by atoms with Crippen molar-refractivity contribution in [1.82, 2.24) is 0 Å². The number of carbonyl (C=O) groups is 4. The van der Waals surface area contributed by atoms with Crippen LogP contribution in [0.25, 0.3) is 0 Å². The van der Waals surface area contributed by atoms with Gasteiger partial charge in [-0.1, -0.05) is 0 Å². The highest BCUT2D eigenvalue weighted by atomic mass is 16.8. The fraction of sp³-hybridized carbons (Fsp3) is 0.826. The lowest BCUT2D eigenvalue weighted by Gasteiger charge is -2.46. The van der Waals surface area contributed by atoms with Crippen LogP contribution in [-0.2, 0) is 66.5 Å². The molecule has 0 N–H and O–H groups in total. The molecule has 4 aliphatic heterocycles. The molecule has 10 atom stereocenters. The lowest BCUT2D eigenvalue weighted by atomic mass is 9.97. The molecular formula is C23H32O14. The monoisotopic (exact) mass is 532 g/mol. The van der Waals surface area contributed by atoms with E-state index in [1.54, 1.807) is 13.8 Å². The van der Waals surface area contributed by atoms with E-state index in [0.29, 0.717) is 0 Å². The number of rotatable bonds is 7. The molecule has 0 aromatic rings. The van der Waals surface area contributed by atoms with Crippen LogP contribution in [0, 0.1) is 0 Å². The van der Waals surface area contributed by atoms with Crippen LogP contribution in [0.3, 0.4) is 0 Å². The Balaban J connectivity index is 1.66. The summed E-state index contributed by atoms with van der Waals surface area (Å²) in [6.07, 6.45) is -9.86. The molecule has 4 fully saturated rings. The first-order valence-corrected chi connectivity index (χ1v) is 11.9. The van der Waals surface area contributed by atoms with Crippen LogP contribution in [0.2, 0.25) is 0 Å². The van der Waals surface area contributed by atoms with E-state index in [-0.39, 0.29) is 19.3 Å². The van der Waals surface area contributed by atoms with Gasteiger partial charge in [0.2, 0.25) is 0 Å². The smallest absolute Gasteiger partial charge is 0.303 e. The molecule has 2 bridgehead atoms. The number of ether oxygens (including phenoxy) is 10. The summed E-state index contributed by atoms with van der Waals surface area (Å²) >= 11 is 0. The van der Waals surface area contributed by atoms with Gasteiger partial charge in [0.25, 0.3) is 0 Å². The topological polar surface area (TPSA) is 161 Å². The zero-order chi connectivity index (χ0) is 27.1. The average Bonchev–Trinajstić information content (AvgIpc) is 3.35. The van der Waals surface area contributed by atoms with Crippen LogP contribution in [0.5, 0.6) is 0 Å². The standard InChI is InChI=1S/C23H32O14/c1-9(24)28-7-13-15(30-10(2)25)17(31-11(3)26)19(32-12(4)27)22(34-13)35-20-18-16(36-23(5,6)37-18)14-8-29-21(20)33-14/h13-22H,7-8H2,1-6H3/t13-,14-,15-,16+,17+,18+,19-,20-,21-,22+/m1/s1. The summed E-state index contributed by atoms with van der Waals surface area (Å²) < 4.78 is 57.4. The van der Waals surface area contributed by atoms with Crippen LogP contribution >= 0.6 is 0 Å². The minimum atomic E-state index is -1.40. The summed E-state index contributed by atoms with van der Waals surface area (Å²) in [5.74, 6) is -3.76. The Bertz CT molecular complexity index is 904. The molecule has 14 heteroatoms. The Morgan fingerprint density at radius 2 is 1.35 bits per heavy atom. The van der Waals surface area contributed by atoms with E-state index >= 15 is 0 Å². The molecule has 208 valence electrons. The molecule has 4 heterocycles. The van der Waals surface area contributed by atoms with E-state index in [1.165, 1.54) is 6.92 Å². The molecule has 0 amide bonds. The van der Waals surface area contributed by atoms with E-state index in [2.05, 4.69) is 0 Å². The molecule has 0 aliphatic carbocycles. The van der Waals surface area contributed by atoms with Crippen molar-refractivity contribution in [2.24, 2.45) is 0 Å². The normalized spacial score (nSPS) is 39.8. The highest BCUT2D eigenvalue weighted by Gasteiger charge is 2.61. The van der Waals surface area contributed by atoms with E-state index < -0.39 is 85.0 Å². The Morgan fingerprint density at radius 3 is 1.97 bits per heavy atom. The Labute approximate surface area is 213 Å². The molecular weight excluding hydrogens is 500 g/mol. The Hall–Kier alpha value is -2.36. The molecule has 14 nitrogen and oxygen atoms in total. The summed E-state index contributed by atoms with van der Waals surface area (Å²) in [7, 11) is 0. The zero-order valence-corrected chi connectivity index (χ0v) is 21.4. The number of fused-ring (bicyclic) bond motifs is 4. The number of hydrogen-bond acceptors (Lipinski definition) is 14. The van der Waals surface area contributed by atoms with Crippen molar-refractivity contribution in [3.8, 4) is 0 Å². The summed E-state index contributed by atoms with van der Waals surface area (Å²) in [5, 5.41) is 0. The number of esters is 4. The molecule has 0 radical (unpaired) electrons. The first-order chi connectivity index (χ1) is 17.3. The summed E-state index contributed by atoms with van der Waals surface area (Å²) in [4.78, 5) is 47.5. The summed E-state index contributed by atoms with van der Waals surface area (Å²) in [5.41, 5.74) is 0. The van der Waals surface area contributed by atoms with Gasteiger partial charge < -0.3 is 47.4 Å². The van der Waals surface area contributed by atoms with Gasteiger partial charge in [0.1, 0.15) is 37.1 Å². The Kier molecular flexibility index (Phi) is 8.07. The van der Waals surface area contributed by atoms with Crippen molar-refractivity contribution < 1.29 is 66.5 Å².